The quantitative estimate of drug-likeness (QED) is 0.536. The molecule has 10 nitrogen and oxygen atoms in total. The van der Waals surface area contributed by atoms with Gasteiger partial charge in [0.1, 0.15) is 5.82 Å². The van der Waals surface area contributed by atoms with Crippen LogP contribution in [-0.4, -0.2) is 47.7 Å². The van der Waals surface area contributed by atoms with Crippen LogP contribution in [0.25, 0.3) is 11.5 Å². The molecule has 1 aliphatic heterocycles. The maximum absolute atomic E-state index is 12.6. The van der Waals surface area contributed by atoms with Crippen molar-refractivity contribution in [1.29, 1.82) is 0 Å². The number of nitrogens with one attached hydrogen (secondary N) is 1. The van der Waals surface area contributed by atoms with Crippen LogP contribution in [0.15, 0.2) is 30.3 Å². The molecule has 4 heterocycles. The van der Waals surface area contributed by atoms with Crippen molar-refractivity contribution in [2.45, 2.75) is 26.2 Å². The van der Waals surface area contributed by atoms with Crippen molar-refractivity contribution in [3.05, 3.63) is 53.0 Å². The molecule has 1 atom stereocenters. The first-order valence-corrected chi connectivity index (χ1v) is 9.42. The van der Waals surface area contributed by atoms with Crippen molar-refractivity contribution in [3.63, 3.8) is 0 Å². The predicted octanol–water partition coefficient (Wildman–Crippen LogP) is 2.12. The summed E-state index contributed by atoms with van der Waals surface area (Å²) in [6, 6.07) is 8.77. The molecule has 4 aromatic rings. The predicted molar refractivity (Wildman–Crippen MR) is 107 cm³/mol. The van der Waals surface area contributed by atoms with Gasteiger partial charge in [-0.3, -0.25) is 4.79 Å². The van der Waals surface area contributed by atoms with Crippen molar-refractivity contribution in [2.24, 2.45) is 0 Å². The average molecular weight is 405 g/mol. The summed E-state index contributed by atoms with van der Waals surface area (Å²) in [6.07, 6.45) is 0.252. The summed E-state index contributed by atoms with van der Waals surface area (Å²) in [5.74, 6) is 1.79. The number of benzene rings is 1. The van der Waals surface area contributed by atoms with E-state index in [4.69, 9.17) is 4.74 Å². The molecule has 1 unspecified atom stereocenters. The summed E-state index contributed by atoms with van der Waals surface area (Å²) < 4.78 is 8.38. The van der Waals surface area contributed by atoms with E-state index in [-0.39, 0.29) is 24.0 Å². The molecule has 0 saturated heterocycles. The molecule has 3 aromatic heterocycles. The third-order valence-corrected chi connectivity index (χ3v) is 5.33. The first-order chi connectivity index (χ1) is 14.5. The van der Waals surface area contributed by atoms with Crippen LogP contribution >= 0.6 is 0 Å². The fourth-order valence-corrected chi connectivity index (χ4v) is 3.92. The number of aromatic hydroxyl groups is 1. The number of hydrogen-bond acceptors (Lipinski definition) is 7. The first-order valence-electron chi connectivity index (χ1n) is 9.42. The number of carbonyl (C=O) groups excluding carboxylic acids is 1. The van der Waals surface area contributed by atoms with Crippen molar-refractivity contribution in [2.75, 3.05) is 12.4 Å². The third-order valence-electron chi connectivity index (χ3n) is 5.33. The van der Waals surface area contributed by atoms with Crippen molar-refractivity contribution >= 4 is 17.4 Å². The molecule has 30 heavy (non-hydrogen) atoms. The zero-order valence-electron chi connectivity index (χ0n) is 16.6. The van der Waals surface area contributed by atoms with E-state index in [0.29, 0.717) is 28.9 Å². The second kappa shape index (κ2) is 6.55. The zero-order chi connectivity index (χ0) is 21.0. The maximum Gasteiger partial charge on any atom is 0.226 e. The summed E-state index contributed by atoms with van der Waals surface area (Å²) in [5.41, 5.74) is 3.10. The van der Waals surface area contributed by atoms with E-state index in [9.17, 15) is 9.90 Å². The molecule has 10 heteroatoms. The van der Waals surface area contributed by atoms with E-state index in [1.807, 2.05) is 19.9 Å². The second-order valence-electron chi connectivity index (χ2n) is 7.20. The Hall–Kier alpha value is -3.95. The van der Waals surface area contributed by atoms with Crippen molar-refractivity contribution < 1.29 is 14.6 Å². The van der Waals surface area contributed by atoms with Crippen LogP contribution in [0.2, 0.25) is 0 Å². The molecule has 1 amide bonds. The number of carbonyl (C=O) groups is 1. The molecule has 0 bridgehead atoms. The summed E-state index contributed by atoms with van der Waals surface area (Å²) in [6.45, 7) is 3.71. The molecular weight excluding hydrogens is 386 g/mol. The number of hydrogen-bond donors (Lipinski definition) is 2. The van der Waals surface area contributed by atoms with Crippen molar-refractivity contribution in [3.8, 4) is 17.3 Å². The number of aromatic nitrogens is 6. The topological polar surface area (TPSA) is 119 Å². The first kappa shape index (κ1) is 18.1. The molecule has 1 aromatic carbocycles. The normalized spacial score (nSPS) is 15.8. The number of amides is 1. The second-order valence-corrected chi connectivity index (χ2v) is 7.20. The van der Waals surface area contributed by atoms with Crippen molar-refractivity contribution in [1.82, 2.24) is 29.6 Å². The van der Waals surface area contributed by atoms with Gasteiger partial charge in [0.25, 0.3) is 0 Å². The third kappa shape index (κ3) is 2.68. The molecule has 0 saturated carbocycles. The lowest BCUT2D eigenvalue weighted by Gasteiger charge is -2.24. The highest BCUT2D eigenvalue weighted by Crippen LogP contribution is 2.42. The molecule has 152 valence electrons. The van der Waals surface area contributed by atoms with E-state index < -0.39 is 0 Å². The highest BCUT2D eigenvalue weighted by molar-refractivity contribution is 5.95. The number of methoxy groups -OCH3 is 1. The van der Waals surface area contributed by atoms with Gasteiger partial charge in [-0.15, -0.1) is 15.3 Å². The van der Waals surface area contributed by atoms with Gasteiger partial charge in [-0.1, -0.05) is 6.07 Å². The average Bonchev–Trinajstić information content (AvgIpc) is 3.27. The SMILES string of the molecule is COc1ccc(C2CC(=O)Nc3c2c(C)nn3-c2ccc3nnc(C)n3n2)cc1O. The van der Waals surface area contributed by atoms with E-state index in [0.717, 1.165) is 16.8 Å². The molecule has 0 radical (unpaired) electrons. The van der Waals surface area contributed by atoms with Gasteiger partial charge < -0.3 is 15.2 Å². The molecule has 2 N–H and O–H groups in total. The van der Waals surface area contributed by atoms with Crippen LogP contribution in [0.4, 0.5) is 5.82 Å². The van der Waals surface area contributed by atoms with Gasteiger partial charge >= 0.3 is 0 Å². The Morgan fingerprint density at radius 2 is 2.00 bits per heavy atom. The summed E-state index contributed by atoms with van der Waals surface area (Å²) in [5, 5.41) is 30.5. The lowest BCUT2D eigenvalue weighted by atomic mass is 9.85. The largest absolute Gasteiger partial charge is 0.504 e. The van der Waals surface area contributed by atoms with Crippen LogP contribution in [0.1, 0.15) is 35.0 Å². The number of anilines is 1. The molecule has 1 aliphatic rings. The lowest BCUT2D eigenvalue weighted by Crippen LogP contribution is -2.25. The van der Waals surface area contributed by atoms with Gasteiger partial charge in [-0.05, 0) is 43.7 Å². The Morgan fingerprint density at radius 3 is 2.77 bits per heavy atom. The fourth-order valence-electron chi connectivity index (χ4n) is 3.92. The molecular formula is C20H19N7O3. The number of rotatable bonds is 3. The minimum absolute atomic E-state index is 0.0303. The summed E-state index contributed by atoms with van der Waals surface area (Å²) >= 11 is 0. The monoisotopic (exact) mass is 405 g/mol. The minimum Gasteiger partial charge on any atom is -0.504 e. The highest BCUT2D eigenvalue weighted by atomic mass is 16.5. The molecule has 5 rings (SSSR count). The van der Waals surface area contributed by atoms with Gasteiger partial charge in [-0.2, -0.15) is 14.3 Å². The van der Waals surface area contributed by atoms with Crippen LogP contribution in [0.3, 0.4) is 0 Å². The van der Waals surface area contributed by atoms with Crippen LogP contribution < -0.4 is 10.1 Å². The van der Waals surface area contributed by atoms with E-state index in [1.54, 1.807) is 33.5 Å². The van der Waals surface area contributed by atoms with Gasteiger partial charge in [0, 0.05) is 17.9 Å². The zero-order valence-corrected chi connectivity index (χ0v) is 16.6. The van der Waals surface area contributed by atoms with Gasteiger partial charge in [0.2, 0.25) is 5.91 Å². The number of nitrogens with zero attached hydrogens (tertiary/aromatic N) is 6. The Labute approximate surface area is 171 Å². The standard InChI is InChI=1S/C20H19N7O3/c1-10-19-13(12-4-5-15(30-3)14(28)8-12)9-18(29)21-20(19)27(24-10)17-7-6-16-23-22-11(2)26(16)25-17/h4-8,13,28H,9H2,1-3H3,(H,21,29). The number of phenolic OH excluding ortho intramolecular Hbond substituents is 1. The van der Waals surface area contributed by atoms with Crippen LogP contribution in [0, 0.1) is 13.8 Å². The Kier molecular flexibility index (Phi) is 3.95. The van der Waals surface area contributed by atoms with Gasteiger partial charge in [-0.25, -0.2) is 0 Å². The Balaban J connectivity index is 1.66. The smallest absolute Gasteiger partial charge is 0.226 e. The molecule has 0 fully saturated rings. The molecule has 0 spiro atoms. The minimum atomic E-state index is -0.250. The van der Waals surface area contributed by atoms with E-state index in [1.165, 1.54) is 7.11 Å². The Morgan fingerprint density at radius 1 is 1.17 bits per heavy atom. The number of ether oxygens (including phenoxy) is 1. The summed E-state index contributed by atoms with van der Waals surface area (Å²) in [4.78, 5) is 12.6. The van der Waals surface area contributed by atoms with E-state index in [2.05, 4.69) is 25.7 Å². The lowest BCUT2D eigenvalue weighted by molar-refractivity contribution is -0.116. The van der Waals surface area contributed by atoms with E-state index >= 15 is 0 Å². The number of aryl methyl sites for hydroxylation is 2. The Bertz CT molecular complexity index is 1310. The van der Waals surface area contributed by atoms with Crippen LogP contribution in [-0.2, 0) is 4.79 Å². The summed E-state index contributed by atoms with van der Waals surface area (Å²) in [7, 11) is 1.50. The number of fused-ring (bicyclic) bond motifs is 2. The highest BCUT2D eigenvalue weighted by Gasteiger charge is 2.33. The fraction of sp³-hybridized carbons (Fsp3) is 0.250. The maximum atomic E-state index is 12.6. The number of phenols is 1. The molecule has 0 aliphatic carbocycles. The van der Waals surface area contributed by atoms with Gasteiger partial charge in [0.05, 0.1) is 12.8 Å². The van der Waals surface area contributed by atoms with Gasteiger partial charge in [0.15, 0.2) is 28.8 Å². The van der Waals surface area contributed by atoms with Crippen LogP contribution in [0.5, 0.6) is 11.5 Å².